The van der Waals surface area contributed by atoms with Gasteiger partial charge in [-0.2, -0.15) is 0 Å². The van der Waals surface area contributed by atoms with Crippen molar-refractivity contribution >= 4 is 0 Å². The van der Waals surface area contributed by atoms with Crippen molar-refractivity contribution in [3.05, 3.63) is 59.9 Å². The molecule has 1 aromatic heterocycles. The van der Waals surface area contributed by atoms with Gasteiger partial charge in [0.15, 0.2) is 0 Å². The van der Waals surface area contributed by atoms with Gasteiger partial charge in [0, 0.05) is 30.5 Å². The van der Waals surface area contributed by atoms with Crippen LogP contribution in [0.25, 0.3) is 0 Å². The first-order chi connectivity index (χ1) is 9.66. The molecule has 0 aliphatic heterocycles. The molecule has 1 aromatic carbocycles. The van der Waals surface area contributed by atoms with E-state index in [4.69, 9.17) is 4.74 Å². The highest BCUT2D eigenvalue weighted by Gasteiger charge is 2.08. The standard InChI is InChI=1S/C17H22N2O/c1-13(2)20-17-9-5-4-7-16(17)12-19-14(3)15-8-6-10-18-11-15/h4-11,13-14,19H,12H2,1-3H3/t14-/m1/s1. The van der Waals surface area contributed by atoms with Crippen molar-refractivity contribution in [2.75, 3.05) is 0 Å². The fourth-order valence-corrected chi connectivity index (χ4v) is 2.03. The SMILES string of the molecule is CC(C)Oc1ccccc1CN[C@H](C)c1cccnc1. The predicted molar refractivity (Wildman–Crippen MR) is 81.7 cm³/mol. The topological polar surface area (TPSA) is 34.1 Å². The van der Waals surface area contributed by atoms with Crippen molar-refractivity contribution in [2.45, 2.75) is 39.5 Å². The largest absolute Gasteiger partial charge is 0.491 e. The van der Waals surface area contributed by atoms with Crippen molar-refractivity contribution < 1.29 is 4.74 Å². The fraction of sp³-hybridized carbons (Fsp3) is 0.353. The molecule has 0 radical (unpaired) electrons. The molecule has 106 valence electrons. The van der Waals surface area contributed by atoms with E-state index in [9.17, 15) is 0 Å². The number of para-hydroxylation sites is 1. The monoisotopic (exact) mass is 270 g/mol. The molecule has 2 rings (SSSR count). The average molecular weight is 270 g/mol. The van der Waals surface area contributed by atoms with Crippen LogP contribution >= 0.6 is 0 Å². The van der Waals surface area contributed by atoms with E-state index in [1.807, 2.05) is 44.3 Å². The van der Waals surface area contributed by atoms with Crippen LogP contribution in [0.2, 0.25) is 0 Å². The number of ether oxygens (including phenoxy) is 1. The summed E-state index contributed by atoms with van der Waals surface area (Å²) in [4.78, 5) is 4.15. The van der Waals surface area contributed by atoms with Crippen LogP contribution in [0, 0.1) is 0 Å². The molecule has 0 bridgehead atoms. The quantitative estimate of drug-likeness (QED) is 0.868. The van der Waals surface area contributed by atoms with Gasteiger partial charge in [-0.15, -0.1) is 0 Å². The average Bonchev–Trinajstić information content (AvgIpc) is 2.46. The van der Waals surface area contributed by atoms with Crippen LogP contribution in [0.1, 0.15) is 37.9 Å². The van der Waals surface area contributed by atoms with Crippen molar-refractivity contribution in [1.29, 1.82) is 0 Å². The first-order valence-corrected chi connectivity index (χ1v) is 7.04. The number of hydrogen-bond acceptors (Lipinski definition) is 3. The third-order valence-corrected chi connectivity index (χ3v) is 3.12. The van der Waals surface area contributed by atoms with Crippen LogP contribution in [0.15, 0.2) is 48.8 Å². The Bertz CT molecular complexity index is 526. The van der Waals surface area contributed by atoms with E-state index in [1.165, 1.54) is 11.1 Å². The lowest BCUT2D eigenvalue weighted by Gasteiger charge is -2.17. The zero-order valence-electron chi connectivity index (χ0n) is 12.3. The lowest BCUT2D eigenvalue weighted by atomic mass is 10.1. The van der Waals surface area contributed by atoms with Gasteiger partial charge in [-0.05, 0) is 38.5 Å². The number of rotatable bonds is 6. The van der Waals surface area contributed by atoms with Crippen LogP contribution in [0.5, 0.6) is 5.75 Å². The van der Waals surface area contributed by atoms with E-state index in [-0.39, 0.29) is 12.1 Å². The Labute approximate surface area is 121 Å². The Hall–Kier alpha value is -1.87. The molecule has 0 aliphatic rings. The lowest BCUT2D eigenvalue weighted by molar-refractivity contribution is 0.239. The number of pyridine rings is 1. The minimum atomic E-state index is 0.187. The lowest BCUT2D eigenvalue weighted by Crippen LogP contribution is -2.19. The first-order valence-electron chi connectivity index (χ1n) is 7.04. The third-order valence-electron chi connectivity index (χ3n) is 3.12. The van der Waals surface area contributed by atoms with E-state index >= 15 is 0 Å². The predicted octanol–water partition coefficient (Wildman–Crippen LogP) is 3.72. The van der Waals surface area contributed by atoms with Crippen LogP contribution < -0.4 is 10.1 Å². The number of benzene rings is 1. The third kappa shape index (κ3) is 4.07. The summed E-state index contributed by atoms with van der Waals surface area (Å²) in [6.45, 7) is 7.01. The highest BCUT2D eigenvalue weighted by atomic mass is 16.5. The van der Waals surface area contributed by atoms with Gasteiger partial charge in [-0.25, -0.2) is 0 Å². The van der Waals surface area contributed by atoms with Gasteiger partial charge >= 0.3 is 0 Å². The zero-order chi connectivity index (χ0) is 14.4. The molecule has 3 nitrogen and oxygen atoms in total. The number of nitrogens with one attached hydrogen (secondary N) is 1. The van der Waals surface area contributed by atoms with E-state index in [0.29, 0.717) is 0 Å². The summed E-state index contributed by atoms with van der Waals surface area (Å²) in [6.07, 6.45) is 3.88. The summed E-state index contributed by atoms with van der Waals surface area (Å²) in [5.74, 6) is 0.952. The highest BCUT2D eigenvalue weighted by Crippen LogP contribution is 2.20. The molecule has 0 fully saturated rings. The normalized spacial score (nSPS) is 12.4. The Morgan fingerprint density at radius 3 is 2.60 bits per heavy atom. The Morgan fingerprint density at radius 2 is 1.90 bits per heavy atom. The Kier molecular flexibility index (Phi) is 5.13. The molecule has 1 N–H and O–H groups in total. The molecule has 0 saturated carbocycles. The maximum atomic E-state index is 5.83. The second-order valence-electron chi connectivity index (χ2n) is 5.16. The molecule has 0 unspecified atom stereocenters. The summed E-state index contributed by atoms with van der Waals surface area (Å²) in [7, 11) is 0. The van der Waals surface area contributed by atoms with E-state index in [0.717, 1.165) is 12.3 Å². The van der Waals surface area contributed by atoms with Gasteiger partial charge < -0.3 is 10.1 Å². The molecule has 1 heterocycles. The molecule has 20 heavy (non-hydrogen) atoms. The summed E-state index contributed by atoms with van der Waals surface area (Å²) >= 11 is 0. The first kappa shape index (κ1) is 14.5. The van der Waals surface area contributed by atoms with Crippen molar-refractivity contribution in [2.24, 2.45) is 0 Å². The van der Waals surface area contributed by atoms with E-state index < -0.39 is 0 Å². The Morgan fingerprint density at radius 1 is 1.10 bits per heavy atom. The minimum Gasteiger partial charge on any atom is -0.491 e. The molecule has 2 aromatic rings. The zero-order valence-corrected chi connectivity index (χ0v) is 12.3. The van der Waals surface area contributed by atoms with Gasteiger partial charge in [0.2, 0.25) is 0 Å². The van der Waals surface area contributed by atoms with Crippen LogP contribution in [0.4, 0.5) is 0 Å². The number of nitrogens with zero attached hydrogens (tertiary/aromatic N) is 1. The summed E-state index contributed by atoms with van der Waals surface area (Å²) < 4.78 is 5.83. The molecule has 3 heteroatoms. The summed E-state index contributed by atoms with van der Waals surface area (Å²) in [6, 6.07) is 12.5. The number of hydrogen-bond donors (Lipinski definition) is 1. The molecule has 0 aliphatic carbocycles. The molecule has 0 saturated heterocycles. The van der Waals surface area contributed by atoms with Crippen LogP contribution in [-0.2, 0) is 6.54 Å². The summed E-state index contributed by atoms with van der Waals surface area (Å²) in [5.41, 5.74) is 2.37. The smallest absolute Gasteiger partial charge is 0.124 e. The molecule has 0 amide bonds. The molecule has 0 spiro atoms. The molecule has 1 atom stereocenters. The fourth-order valence-electron chi connectivity index (χ4n) is 2.03. The second kappa shape index (κ2) is 7.06. The maximum absolute atomic E-state index is 5.83. The van der Waals surface area contributed by atoms with Crippen molar-refractivity contribution in [3.63, 3.8) is 0 Å². The maximum Gasteiger partial charge on any atom is 0.124 e. The Balaban J connectivity index is 2.00. The van der Waals surface area contributed by atoms with Crippen molar-refractivity contribution in [1.82, 2.24) is 10.3 Å². The van der Waals surface area contributed by atoms with Gasteiger partial charge in [-0.3, -0.25) is 4.98 Å². The van der Waals surface area contributed by atoms with E-state index in [2.05, 4.69) is 29.4 Å². The van der Waals surface area contributed by atoms with Crippen molar-refractivity contribution in [3.8, 4) is 5.75 Å². The van der Waals surface area contributed by atoms with Gasteiger partial charge in [0.05, 0.1) is 6.10 Å². The van der Waals surface area contributed by atoms with Crippen LogP contribution in [-0.4, -0.2) is 11.1 Å². The van der Waals surface area contributed by atoms with Gasteiger partial charge in [-0.1, -0.05) is 24.3 Å². The second-order valence-corrected chi connectivity index (χ2v) is 5.16. The highest BCUT2D eigenvalue weighted by molar-refractivity contribution is 5.33. The van der Waals surface area contributed by atoms with Gasteiger partial charge in [0.25, 0.3) is 0 Å². The summed E-state index contributed by atoms with van der Waals surface area (Å²) in [5, 5.41) is 3.51. The van der Waals surface area contributed by atoms with Gasteiger partial charge in [0.1, 0.15) is 5.75 Å². The minimum absolute atomic E-state index is 0.187. The van der Waals surface area contributed by atoms with Crippen LogP contribution in [0.3, 0.4) is 0 Å². The molecular formula is C17H22N2O. The molecular weight excluding hydrogens is 248 g/mol. The number of aromatic nitrogens is 1. The van der Waals surface area contributed by atoms with E-state index in [1.54, 1.807) is 6.20 Å².